The second-order valence-corrected chi connectivity index (χ2v) is 6.91. The lowest BCUT2D eigenvalue weighted by atomic mass is 10.1. The molecule has 0 bridgehead atoms. The van der Waals surface area contributed by atoms with Crippen molar-refractivity contribution >= 4 is 33.1 Å². The number of nitrogens with one attached hydrogen (secondary N) is 1. The lowest BCUT2D eigenvalue weighted by Gasteiger charge is -2.10. The zero-order valence-corrected chi connectivity index (χ0v) is 16.8. The van der Waals surface area contributed by atoms with E-state index in [2.05, 4.69) is 10.3 Å². The van der Waals surface area contributed by atoms with Crippen LogP contribution in [0.15, 0.2) is 57.1 Å². The summed E-state index contributed by atoms with van der Waals surface area (Å²) in [6.45, 7) is 0. The van der Waals surface area contributed by atoms with Gasteiger partial charge in [0.2, 0.25) is 0 Å². The maximum atomic E-state index is 12.5. The molecule has 1 N–H and O–H groups in total. The molecule has 0 spiro atoms. The van der Waals surface area contributed by atoms with Crippen molar-refractivity contribution in [3.05, 3.63) is 58.3 Å². The van der Waals surface area contributed by atoms with Gasteiger partial charge in [-0.05, 0) is 24.3 Å². The maximum absolute atomic E-state index is 12.5. The maximum Gasteiger partial charge on any atom is 0.345 e. The van der Waals surface area contributed by atoms with Crippen molar-refractivity contribution in [2.24, 2.45) is 0 Å². The minimum Gasteiger partial charge on any atom is -0.497 e. The van der Waals surface area contributed by atoms with E-state index < -0.39 is 5.63 Å². The minimum atomic E-state index is -0.474. The number of thiazole rings is 1. The molecule has 2 aromatic carbocycles. The number of para-hydroxylation sites is 1. The second kappa shape index (κ2) is 7.84. The topological polar surface area (TPSA) is 82.8 Å². The molecule has 0 atom stereocenters. The quantitative estimate of drug-likeness (QED) is 0.462. The Morgan fingerprint density at radius 1 is 1.00 bits per heavy atom. The van der Waals surface area contributed by atoms with E-state index in [1.165, 1.54) is 18.4 Å². The summed E-state index contributed by atoms with van der Waals surface area (Å²) in [5.74, 6) is 1.85. The summed E-state index contributed by atoms with van der Waals surface area (Å²) >= 11 is 1.37. The van der Waals surface area contributed by atoms with E-state index in [0.29, 0.717) is 44.9 Å². The fourth-order valence-electron chi connectivity index (χ4n) is 2.94. The lowest BCUT2D eigenvalue weighted by Crippen LogP contribution is -2.03. The molecule has 0 saturated carbocycles. The Morgan fingerprint density at radius 3 is 2.59 bits per heavy atom. The number of benzene rings is 2. The molecule has 29 heavy (non-hydrogen) atoms. The zero-order chi connectivity index (χ0) is 20.4. The summed E-state index contributed by atoms with van der Waals surface area (Å²) < 4.78 is 21.4. The number of hydrogen-bond donors (Lipinski definition) is 1. The molecule has 0 aliphatic rings. The standard InChI is InChI=1S/C21H18N2O5S/c1-25-13-7-8-17(26-2)15(10-13)22-21-23-16(11-29-21)14-9-12-5-4-6-18(27-3)19(12)28-20(14)24/h4-11H,1-3H3,(H,22,23). The van der Waals surface area contributed by atoms with Gasteiger partial charge in [0.15, 0.2) is 16.5 Å². The van der Waals surface area contributed by atoms with E-state index in [1.54, 1.807) is 37.8 Å². The van der Waals surface area contributed by atoms with Crippen molar-refractivity contribution in [1.29, 1.82) is 0 Å². The van der Waals surface area contributed by atoms with Crippen LogP contribution < -0.4 is 25.2 Å². The van der Waals surface area contributed by atoms with Crippen molar-refractivity contribution in [3.63, 3.8) is 0 Å². The van der Waals surface area contributed by atoms with Gasteiger partial charge in [-0.25, -0.2) is 9.78 Å². The molecule has 4 rings (SSSR count). The van der Waals surface area contributed by atoms with E-state index in [0.717, 1.165) is 5.39 Å². The van der Waals surface area contributed by atoms with Gasteiger partial charge in [0.05, 0.1) is 38.3 Å². The van der Waals surface area contributed by atoms with Crippen LogP contribution in [0.3, 0.4) is 0 Å². The molecule has 2 heterocycles. The molecule has 0 aliphatic heterocycles. The predicted molar refractivity (Wildman–Crippen MR) is 113 cm³/mol. The molecule has 0 amide bonds. The Hall–Kier alpha value is -3.52. The molecule has 0 saturated heterocycles. The molecule has 7 nitrogen and oxygen atoms in total. The number of rotatable bonds is 6. The fourth-order valence-corrected chi connectivity index (χ4v) is 3.66. The van der Waals surface area contributed by atoms with E-state index in [1.807, 2.05) is 24.3 Å². The Kier molecular flexibility index (Phi) is 5.09. The SMILES string of the molecule is COc1ccc(OC)c(Nc2nc(-c3cc4cccc(OC)c4oc3=O)cs2)c1. The van der Waals surface area contributed by atoms with Crippen LogP contribution in [-0.4, -0.2) is 26.3 Å². The van der Waals surface area contributed by atoms with Gasteiger partial charge >= 0.3 is 5.63 Å². The van der Waals surface area contributed by atoms with Gasteiger partial charge in [0, 0.05) is 16.8 Å². The molecule has 8 heteroatoms. The normalized spacial score (nSPS) is 10.7. The van der Waals surface area contributed by atoms with Crippen molar-refractivity contribution in [1.82, 2.24) is 4.98 Å². The summed E-state index contributed by atoms with van der Waals surface area (Å²) in [5, 5.41) is 6.38. The van der Waals surface area contributed by atoms with Gasteiger partial charge in [-0.2, -0.15) is 0 Å². The predicted octanol–water partition coefficient (Wildman–Crippen LogP) is 4.69. The largest absolute Gasteiger partial charge is 0.497 e. The summed E-state index contributed by atoms with van der Waals surface area (Å²) in [5.41, 5.74) is 1.56. The highest BCUT2D eigenvalue weighted by Gasteiger charge is 2.15. The monoisotopic (exact) mass is 410 g/mol. The van der Waals surface area contributed by atoms with Crippen LogP contribution in [-0.2, 0) is 0 Å². The lowest BCUT2D eigenvalue weighted by molar-refractivity contribution is 0.405. The number of anilines is 2. The van der Waals surface area contributed by atoms with Gasteiger partial charge in [-0.1, -0.05) is 12.1 Å². The van der Waals surface area contributed by atoms with Crippen molar-refractivity contribution in [2.75, 3.05) is 26.6 Å². The molecule has 0 fully saturated rings. The molecule has 4 aromatic rings. The first-order valence-electron chi connectivity index (χ1n) is 8.68. The summed E-state index contributed by atoms with van der Waals surface area (Å²) in [4.78, 5) is 17.1. The number of ether oxygens (including phenoxy) is 3. The summed E-state index contributed by atoms with van der Waals surface area (Å²) in [7, 11) is 4.73. The molecule has 0 unspecified atom stereocenters. The van der Waals surface area contributed by atoms with Crippen LogP contribution >= 0.6 is 11.3 Å². The van der Waals surface area contributed by atoms with Crippen LogP contribution in [0.1, 0.15) is 0 Å². The second-order valence-electron chi connectivity index (χ2n) is 6.06. The van der Waals surface area contributed by atoms with Crippen LogP contribution in [0.4, 0.5) is 10.8 Å². The van der Waals surface area contributed by atoms with E-state index >= 15 is 0 Å². The van der Waals surface area contributed by atoms with Gasteiger partial charge in [-0.15, -0.1) is 11.3 Å². The highest BCUT2D eigenvalue weighted by molar-refractivity contribution is 7.14. The van der Waals surface area contributed by atoms with E-state index in [9.17, 15) is 4.79 Å². The first kappa shape index (κ1) is 18.8. The Morgan fingerprint density at radius 2 is 1.83 bits per heavy atom. The molecule has 0 aliphatic carbocycles. The first-order valence-corrected chi connectivity index (χ1v) is 9.56. The van der Waals surface area contributed by atoms with Crippen molar-refractivity contribution in [2.45, 2.75) is 0 Å². The molecular formula is C21H18N2O5S. The first-order chi connectivity index (χ1) is 14.1. The third-order valence-electron chi connectivity index (χ3n) is 4.37. The molecule has 148 valence electrons. The fraction of sp³-hybridized carbons (Fsp3) is 0.143. The Bertz CT molecular complexity index is 1230. The van der Waals surface area contributed by atoms with Crippen LogP contribution in [0.2, 0.25) is 0 Å². The smallest absolute Gasteiger partial charge is 0.345 e. The number of fused-ring (bicyclic) bond motifs is 1. The zero-order valence-electron chi connectivity index (χ0n) is 16.0. The van der Waals surface area contributed by atoms with Crippen LogP contribution in [0.25, 0.3) is 22.2 Å². The molecular weight excluding hydrogens is 392 g/mol. The number of nitrogens with zero attached hydrogens (tertiary/aromatic N) is 1. The third-order valence-corrected chi connectivity index (χ3v) is 5.13. The average molecular weight is 410 g/mol. The van der Waals surface area contributed by atoms with Gasteiger partial charge in [0.1, 0.15) is 11.5 Å². The van der Waals surface area contributed by atoms with Gasteiger partial charge < -0.3 is 23.9 Å². The highest BCUT2D eigenvalue weighted by atomic mass is 32.1. The van der Waals surface area contributed by atoms with Crippen molar-refractivity contribution < 1.29 is 18.6 Å². The Balaban J connectivity index is 1.70. The third kappa shape index (κ3) is 3.62. The Labute approximate surface area is 170 Å². The molecule has 2 aromatic heterocycles. The van der Waals surface area contributed by atoms with E-state index in [4.69, 9.17) is 18.6 Å². The van der Waals surface area contributed by atoms with E-state index in [-0.39, 0.29) is 0 Å². The van der Waals surface area contributed by atoms with Gasteiger partial charge in [0.25, 0.3) is 0 Å². The minimum absolute atomic E-state index is 0.382. The highest BCUT2D eigenvalue weighted by Crippen LogP contribution is 2.34. The van der Waals surface area contributed by atoms with Crippen molar-refractivity contribution in [3.8, 4) is 28.5 Å². The summed E-state index contributed by atoms with van der Waals surface area (Å²) in [6, 6.07) is 12.6. The van der Waals surface area contributed by atoms with Crippen LogP contribution in [0, 0.1) is 0 Å². The number of hydrogen-bond acceptors (Lipinski definition) is 8. The number of aromatic nitrogens is 1. The molecule has 0 radical (unpaired) electrons. The summed E-state index contributed by atoms with van der Waals surface area (Å²) in [6.07, 6.45) is 0. The average Bonchev–Trinajstić information content (AvgIpc) is 3.21. The van der Waals surface area contributed by atoms with Gasteiger partial charge in [-0.3, -0.25) is 0 Å². The van der Waals surface area contributed by atoms with Crippen LogP contribution in [0.5, 0.6) is 17.2 Å². The number of methoxy groups -OCH3 is 3.